The summed E-state index contributed by atoms with van der Waals surface area (Å²) in [6.45, 7) is 4.64. The summed E-state index contributed by atoms with van der Waals surface area (Å²) < 4.78 is 0. The molecule has 1 heteroatoms. The Morgan fingerprint density at radius 2 is 1.50 bits per heavy atom. The lowest BCUT2D eigenvalue weighted by Gasteiger charge is -2.13. The van der Waals surface area contributed by atoms with Crippen LogP contribution in [-0.4, -0.2) is 8.80 Å². The summed E-state index contributed by atoms with van der Waals surface area (Å²) in [6.07, 6.45) is 2.76. The molecule has 0 atom stereocenters. The van der Waals surface area contributed by atoms with Crippen molar-refractivity contribution in [3.05, 3.63) is 35.9 Å². The Morgan fingerprint density at radius 1 is 0.929 bits per heavy atom. The van der Waals surface area contributed by atoms with E-state index >= 15 is 0 Å². The topological polar surface area (TPSA) is 0 Å². The smallest absolute Gasteiger partial charge is 0.0413 e. The van der Waals surface area contributed by atoms with E-state index in [0.717, 1.165) is 0 Å². The molecule has 0 amide bonds. The van der Waals surface area contributed by atoms with E-state index in [1.807, 2.05) is 0 Å². The molecule has 0 bridgehead atoms. The molecule has 0 aliphatic carbocycles. The standard InChI is InChI=1S/C13H22Si/c1-3-10-14(11-4-2)12-13-8-6-5-7-9-13/h5-9,14H,3-4,10-12H2,1-2H3. The highest BCUT2D eigenvalue weighted by molar-refractivity contribution is 6.58. The van der Waals surface area contributed by atoms with Crippen LogP contribution in [0.25, 0.3) is 0 Å². The predicted octanol–water partition coefficient (Wildman–Crippen LogP) is 3.82. The van der Waals surface area contributed by atoms with Gasteiger partial charge in [-0.1, -0.05) is 74.7 Å². The molecule has 0 aromatic heterocycles. The molecule has 0 saturated carbocycles. The molecule has 0 N–H and O–H groups in total. The summed E-state index contributed by atoms with van der Waals surface area (Å²) in [5.41, 5.74) is 1.56. The maximum atomic E-state index is 2.32. The fourth-order valence-corrected chi connectivity index (χ4v) is 5.38. The van der Waals surface area contributed by atoms with Gasteiger partial charge < -0.3 is 0 Å². The van der Waals surface area contributed by atoms with Gasteiger partial charge in [0.1, 0.15) is 0 Å². The summed E-state index contributed by atoms with van der Waals surface area (Å²) in [7, 11) is -0.460. The minimum atomic E-state index is -0.460. The molecule has 1 aromatic rings. The zero-order valence-corrected chi connectivity index (χ0v) is 10.7. The van der Waals surface area contributed by atoms with Gasteiger partial charge in [0.2, 0.25) is 0 Å². The highest BCUT2D eigenvalue weighted by Crippen LogP contribution is 2.12. The molecule has 0 heterocycles. The first-order chi connectivity index (χ1) is 6.86. The van der Waals surface area contributed by atoms with Crippen LogP contribution >= 0.6 is 0 Å². The van der Waals surface area contributed by atoms with E-state index in [4.69, 9.17) is 0 Å². The summed E-state index contributed by atoms with van der Waals surface area (Å²) >= 11 is 0. The Labute approximate surface area is 90.0 Å². The van der Waals surface area contributed by atoms with Crippen LogP contribution in [0.5, 0.6) is 0 Å². The van der Waals surface area contributed by atoms with Gasteiger partial charge in [0.05, 0.1) is 0 Å². The second-order valence-corrected chi connectivity index (χ2v) is 7.43. The van der Waals surface area contributed by atoms with Crippen molar-refractivity contribution >= 4 is 8.80 Å². The minimum Gasteiger partial charge on any atom is -0.0657 e. The third-order valence-corrected chi connectivity index (χ3v) is 6.60. The number of rotatable bonds is 6. The van der Waals surface area contributed by atoms with E-state index in [2.05, 4.69) is 44.2 Å². The third kappa shape index (κ3) is 4.10. The predicted molar refractivity (Wildman–Crippen MR) is 67.5 cm³/mol. The van der Waals surface area contributed by atoms with Gasteiger partial charge in [0, 0.05) is 8.80 Å². The lowest BCUT2D eigenvalue weighted by atomic mass is 10.2. The van der Waals surface area contributed by atoms with Crippen LogP contribution in [0.15, 0.2) is 30.3 Å². The van der Waals surface area contributed by atoms with Crippen molar-refractivity contribution < 1.29 is 0 Å². The fraction of sp³-hybridized carbons (Fsp3) is 0.538. The summed E-state index contributed by atoms with van der Waals surface area (Å²) in [4.78, 5) is 0. The second-order valence-electron chi connectivity index (χ2n) is 4.13. The van der Waals surface area contributed by atoms with Gasteiger partial charge in [0.15, 0.2) is 0 Å². The van der Waals surface area contributed by atoms with Crippen molar-refractivity contribution in [1.82, 2.24) is 0 Å². The molecule has 0 unspecified atom stereocenters. The first kappa shape index (κ1) is 11.5. The highest BCUT2D eigenvalue weighted by Gasteiger charge is 2.08. The zero-order chi connectivity index (χ0) is 10.2. The average molecular weight is 206 g/mol. The number of hydrogen-bond donors (Lipinski definition) is 0. The van der Waals surface area contributed by atoms with Gasteiger partial charge >= 0.3 is 0 Å². The van der Waals surface area contributed by atoms with Crippen LogP contribution in [0.1, 0.15) is 32.3 Å². The average Bonchev–Trinajstić information content (AvgIpc) is 2.20. The molecule has 0 aliphatic rings. The maximum Gasteiger partial charge on any atom is 0.0413 e. The van der Waals surface area contributed by atoms with Crippen molar-refractivity contribution in [2.75, 3.05) is 0 Å². The molecule has 0 radical (unpaired) electrons. The Morgan fingerprint density at radius 3 is 2.00 bits per heavy atom. The summed E-state index contributed by atoms with van der Waals surface area (Å²) in [5, 5.41) is 0. The molecular weight excluding hydrogens is 184 g/mol. The molecule has 1 rings (SSSR count). The van der Waals surface area contributed by atoms with Gasteiger partial charge in [-0.3, -0.25) is 0 Å². The normalized spacial score (nSPS) is 10.8. The van der Waals surface area contributed by atoms with Gasteiger partial charge in [-0.15, -0.1) is 0 Å². The molecule has 78 valence electrons. The van der Waals surface area contributed by atoms with Gasteiger partial charge in [-0.25, -0.2) is 0 Å². The SMILES string of the molecule is CCC[SiH](CCC)Cc1ccccc1. The molecule has 0 spiro atoms. The van der Waals surface area contributed by atoms with E-state index in [1.54, 1.807) is 5.56 Å². The van der Waals surface area contributed by atoms with Crippen LogP contribution < -0.4 is 0 Å². The first-order valence-electron chi connectivity index (χ1n) is 5.90. The largest absolute Gasteiger partial charge is 0.0657 e. The van der Waals surface area contributed by atoms with E-state index in [0.29, 0.717) is 0 Å². The van der Waals surface area contributed by atoms with Crippen LogP contribution in [0.2, 0.25) is 12.1 Å². The lowest BCUT2D eigenvalue weighted by Crippen LogP contribution is -2.15. The molecule has 0 fully saturated rings. The Balaban J connectivity index is 2.46. The maximum absolute atomic E-state index is 2.32. The van der Waals surface area contributed by atoms with Crippen molar-refractivity contribution in [2.24, 2.45) is 0 Å². The fourth-order valence-electron chi connectivity index (χ4n) is 2.11. The van der Waals surface area contributed by atoms with E-state index in [9.17, 15) is 0 Å². The number of hydrogen-bond acceptors (Lipinski definition) is 0. The monoisotopic (exact) mass is 206 g/mol. The lowest BCUT2D eigenvalue weighted by molar-refractivity contribution is 0.988. The van der Waals surface area contributed by atoms with Gasteiger partial charge in [-0.2, -0.15) is 0 Å². The molecule has 0 aliphatic heterocycles. The van der Waals surface area contributed by atoms with E-state index in [1.165, 1.54) is 31.0 Å². The van der Waals surface area contributed by atoms with Crippen molar-refractivity contribution in [3.8, 4) is 0 Å². The Kier molecular flexibility index (Phi) is 5.61. The van der Waals surface area contributed by atoms with E-state index < -0.39 is 8.80 Å². The van der Waals surface area contributed by atoms with Crippen molar-refractivity contribution in [3.63, 3.8) is 0 Å². The summed E-state index contributed by atoms with van der Waals surface area (Å²) in [5.74, 6) is 0. The highest BCUT2D eigenvalue weighted by atomic mass is 28.3. The van der Waals surface area contributed by atoms with Crippen LogP contribution in [0.3, 0.4) is 0 Å². The zero-order valence-electron chi connectivity index (χ0n) is 9.50. The Bertz CT molecular complexity index is 224. The molecular formula is C13H22Si. The van der Waals surface area contributed by atoms with Gasteiger partial charge in [-0.05, 0) is 6.04 Å². The molecule has 0 saturated heterocycles. The first-order valence-corrected chi connectivity index (χ1v) is 8.35. The van der Waals surface area contributed by atoms with Crippen molar-refractivity contribution in [2.45, 2.75) is 44.8 Å². The Hall–Kier alpha value is -0.563. The quantitative estimate of drug-likeness (QED) is 0.621. The van der Waals surface area contributed by atoms with E-state index in [-0.39, 0.29) is 0 Å². The molecule has 1 aromatic carbocycles. The van der Waals surface area contributed by atoms with Crippen LogP contribution in [0.4, 0.5) is 0 Å². The molecule has 0 nitrogen and oxygen atoms in total. The third-order valence-electron chi connectivity index (χ3n) is 2.76. The van der Waals surface area contributed by atoms with Gasteiger partial charge in [0.25, 0.3) is 0 Å². The van der Waals surface area contributed by atoms with Crippen LogP contribution in [0, 0.1) is 0 Å². The van der Waals surface area contributed by atoms with Crippen molar-refractivity contribution in [1.29, 1.82) is 0 Å². The number of benzene rings is 1. The van der Waals surface area contributed by atoms with Crippen LogP contribution in [-0.2, 0) is 6.04 Å². The minimum absolute atomic E-state index is 0.460. The summed E-state index contributed by atoms with van der Waals surface area (Å²) in [6, 6.07) is 15.4. The second kappa shape index (κ2) is 6.83. The molecule has 14 heavy (non-hydrogen) atoms.